The third-order valence-corrected chi connectivity index (χ3v) is 3.85. The lowest BCUT2D eigenvalue weighted by atomic mass is 10.1. The molecule has 2 atom stereocenters. The highest BCUT2D eigenvalue weighted by Crippen LogP contribution is 2.19. The van der Waals surface area contributed by atoms with Crippen molar-refractivity contribution in [3.8, 4) is 0 Å². The van der Waals surface area contributed by atoms with Crippen LogP contribution in [0.15, 0.2) is 24.3 Å². The molecule has 1 aromatic carbocycles. The lowest BCUT2D eigenvalue weighted by Crippen LogP contribution is -2.34. The van der Waals surface area contributed by atoms with Crippen LogP contribution in [0.5, 0.6) is 0 Å². The van der Waals surface area contributed by atoms with E-state index in [-0.39, 0.29) is 17.3 Å². The molecule has 0 saturated carbocycles. The molecule has 0 fully saturated rings. The first-order chi connectivity index (χ1) is 8.58. The molecule has 5 heteroatoms. The number of thioether (sulfide) groups is 1. The Balaban J connectivity index is 2.60. The lowest BCUT2D eigenvalue weighted by Gasteiger charge is -2.18. The van der Waals surface area contributed by atoms with Crippen LogP contribution < -0.4 is 5.32 Å². The number of rotatable bonds is 6. The summed E-state index contributed by atoms with van der Waals surface area (Å²) >= 11 is 7.45. The van der Waals surface area contributed by atoms with Gasteiger partial charge in [-0.15, -0.1) is 0 Å². The third-order valence-electron chi connectivity index (χ3n) is 2.69. The van der Waals surface area contributed by atoms with E-state index in [2.05, 4.69) is 5.32 Å². The minimum atomic E-state index is -0.179. The number of methoxy groups -OCH3 is 1. The number of halogens is 1. The fraction of sp³-hybridized carbons (Fsp3) is 0.462. The number of carbonyl (C=O) groups excluding carboxylic acids is 1. The first-order valence-corrected chi connectivity index (χ1v) is 7.33. The Labute approximate surface area is 117 Å². The van der Waals surface area contributed by atoms with Crippen LogP contribution in [0.3, 0.4) is 0 Å². The molecule has 0 aliphatic heterocycles. The van der Waals surface area contributed by atoms with Gasteiger partial charge in [0.25, 0.3) is 0 Å². The Kier molecular flexibility index (Phi) is 6.54. The van der Waals surface area contributed by atoms with Gasteiger partial charge in [-0.3, -0.25) is 4.79 Å². The molecule has 1 N–H and O–H groups in total. The van der Waals surface area contributed by atoms with Gasteiger partial charge in [0, 0.05) is 18.7 Å². The molecule has 1 amide bonds. The second kappa shape index (κ2) is 7.67. The molecule has 0 saturated heterocycles. The summed E-state index contributed by atoms with van der Waals surface area (Å²) in [5, 5.41) is 3.49. The number of ether oxygens (including phenoxy) is 1. The topological polar surface area (TPSA) is 38.3 Å². The van der Waals surface area contributed by atoms with Crippen molar-refractivity contribution in [1.29, 1.82) is 0 Å². The average molecular weight is 288 g/mol. The Bertz CT molecular complexity index is 400. The SMILES string of the molecule is COC(CNC(=O)C(C)SC)c1cccc(Cl)c1. The van der Waals surface area contributed by atoms with Crippen LogP contribution in [0.25, 0.3) is 0 Å². The van der Waals surface area contributed by atoms with Crippen LogP contribution >= 0.6 is 23.4 Å². The summed E-state index contributed by atoms with van der Waals surface area (Å²) < 4.78 is 5.37. The second-order valence-corrected chi connectivity index (χ2v) is 5.52. The standard InChI is InChI=1S/C13H18ClNO2S/c1-9(18-3)13(16)15-8-12(17-2)10-5-4-6-11(14)7-10/h4-7,9,12H,8H2,1-3H3,(H,15,16). The molecular weight excluding hydrogens is 270 g/mol. The minimum absolute atomic E-state index is 0.0200. The highest BCUT2D eigenvalue weighted by Gasteiger charge is 2.15. The van der Waals surface area contributed by atoms with E-state index in [1.165, 1.54) is 11.8 Å². The molecule has 0 aliphatic carbocycles. The molecule has 1 aromatic rings. The van der Waals surface area contributed by atoms with Crippen molar-refractivity contribution in [2.75, 3.05) is 19.9 Å². The Morgan fingerprint density at radius 2 is 2.28 bits per heavy atom. The van der Waals surface area contributed by atoms with Gasteiger partial charge >= 0.3 is 0 Å². The molecule has 0 aliphatic rings. The summed E-state index contributed by atoms with van der Waals surface area (Å²) in [6.45, 7) is 2.32. The van der Waals surface area contributed by atoms with Gasteiger partial charge in [0.1, 0.15) is 0 Å². The summed E-state index contributed by atoms with van der Waals surface area (Å²) in [6.07, 6.45) is 1.73. The smallest absolute Gasteiger partial charge is 0.232 e. The van der Waals surface area contributed by atoms with E-state index in [9.17, 15) is 4.79 Å². The van der Waals surface area contributed by atoms with E-state index in [1.54, 1.807) is 7.11 Å². The maximum atomic E-state index is 11.7. The predicted octanol–water partition coefficient (Wildman–Crippen LogP) is 2.90. The number of benzene rings is 1. The van der Waals surface area contributed by atoms with Gasteiger partial charge in [-0.2, -0.15) is 11.8 Å². The molecule has 100 valence electrons. The minimum Gasteiger partial charge on any atom is -0.375 e. The molecule has 0 spiro atoms. The monoisotopic (exact) mass is 287 g/mol. The number of nitrogens with one attached hydrogen (secondary N) is 1. The summed E-state index contributed by atoms with van der Waals surface area (Å²) in [4.78, 5) is 11.7. The van der Waals surface area contributed by atoms with Crippen molar-refractivity contribution in [1.82, 2.24) is 5.32 Å². The average Bonchev–Trinajstić information content (AvgIpc) is 2.38. The second-order valence-electron chi connectivity index (χ2n) is 3.90. The number of carbonyl (C=O) groups is 1. The number of hydrogen-bond acceptors (Lipinski definition) is 3. The Morgan fingerprint density at radius 1 is 1.56 bits per heavy atom. The zero-order valence-electron chi connectivity index (χ0n) is 10.8. The summed E-state index contributed by atoms with van der Waals surface area (Å²) in [5.74, 6) is 0.0200. The van der Waals surface area contributed by atoms with Crippen molar-refractivity contribution in [3.63, 3.8) is 0 Å². The zero-order valence-corrected chi connectivity index (χ0v) is 12.3. The first kappa shape index (κ1) is 15.3. The van der Waals surface area contributed by atoms with E-state index in [0.717, 1.165) is 5.56 Å². The van der Waals surface area contributed by atoms with Gasteiger partial charge in [-0.1, -0.05) is 23.7 Å². The van der Waals surface area contributed by atoms with Crippen molar-refractivity contribution in [2.45, 2.75) is 18.3 Å². The van der Waals surface area contributed by atoms with E-state index in [1.807, 2.05) is 37.4 Å². The van der Waals surface area contributed by atoms with E-state index >= 15 is 0 Å². The van der Waals surface area contributed by atoms with Crippen LogP contribution in [0.1, 0.15) is 18.6 Å². The highest BCUT2D eigenvalue weighted by atomic mass is 35.5. The molecule has 2 unspecified atom stereocenters. The van der Waals surface area contributed by atoms with E-state index in [4.69, 9.17) is 16.3 Å². The first-order valence-electron chi connectivity index (χ1n) is 5.67. The van der Waals surface area contributed by atoms with Crippen LogP contribution in [0, 0.1) is 0 Å². The molecular formula is C13H18ClNO2S. The molecule has 0 aromatic heterocycles. The molecule has 0 heterocycles. The molecule has 3 nitrogen and oxygen atoms in total. The highest BCUT2D eigenvalue weighted by molar-refractivity contribution is 7.99. The van der Waals surface area contributed by atoms with Gasteiger partial charge < -0.3 is 10.1 Å². The fourth-order valence-corrected chi connectivity index (χ4v) is 1.98. The van der Waals surface area contributed by atoms with Gasteiger partial charge in [-0.05, 0) is 30.9 Å². The lowest BCUT2D eigenvalue weighted by molar-refractivity contribution is -0.120. The molecule has 1 rings (SSSR count). The number of hydrogen-bond donors (Lipinski definition) is 1. The largest absolute Gasteiger partial charge is 0.375 e. The Morgan fingerprint density at radius 3 is 2.83 bits per heavy atom. The van der Waals surface area contributed by atoms with E-state index in [0.29, 0.717) is 11.6 Å². The van der Waals surface area contributed by atoms with Gasteiger partial charge in [0.05, 0.1) is 11.4 Å². The quantitative estimate of drug-likeness (QED) is 0.874. The number of amides is 1. The van der Waals surface area contributed by atoms with Gasteiger partial charge in [0.2, 0.25) is 5.91 Å². The van der Waals surface area contributed by atoms with Crippen LogP contribution in [-0.2, 0) is 9.53 Å². The van der Waals surface area contributed by atoms with Crippen molar-refractivity contribution >= 4 is 29.3 Å². The molecule has 0 radical (unpaired) electrons. The summed E-state index contributed by atoms with van der Waals surface area (Å²) in [5.41, 5.74) is 0.960. The van der Waals surface area contributed by atoms with E-state index < -0.39 is 0 Å². The van der Waals surface area contributed by atoms with Crippen molar-refractivity contribution in [2.24, 2.45) is 0 Å². The summed E-state index contributed by atoms with van der Waals surface area (Å²) in [7, 11) is 1.62. The molecule has 0 bridgehead atoms. The van der Waals surface area contributed by atoms with Crippen molar-refractivity contribution < 1.29 is 9.53 Å². The Hall–Kier alpha value is -0.710. The predicted molar refractivity (Wildman–Crippen MR) is 77.2 cm³/mol. The maximum Gasteiger partial charge on any atom is 0.232 e. The fourth-order valence-electron chi connectivity index (χ4n) is 1.49. The van der Waals surface area contributed by atoms with Crippen LogP contribution in [0.4, 0.5) is 0 Å². The molecule has 18 heavy (non-hydrogen) atoms. The zero-order chi connectivity index (χ0) is 13.5. The normalized spacial score (nSPS) is 14.0. The van der Waals surface area contributed by atoms with Crippen LogP contribution in [0.2, 0.25) is 5.02 Å². The van der Waals surface area contributed by atoms with Crippen LogP contribution in [-0.4, -0.2) is 31.1 Å². The summed E-state index contributed by atoms with van der Waals surface area (Å²) in [6, 6.07) is 7.46. The van der Waals surface area contributed by atoms with Gasteiger partial charge in [-0.25, -0.2) is 0 Å². The van der Waals surface area contributed by atoms with Gasteiger partial charge in [0.15, 0.2) is 0 Å². The maximum absolute atomic E-state index is 11.7. The third kappa shape index (κ3) is 4.52. The van der Waals surface area contributed by atoms with Crippen molar-refractivity contribution in [3.05, 3.63) is 34.9 Å².